The van der Waals surface area contributed by atoms with Crippen molar-refractivity contribution < 1.29 is 22.8 Å². The Morgan fingerprint density at radius 1 is 1.34 bits per heavy atom. The van der Waals surface area contributed by atoms with Gasteiger partial charge in [0, 0.05) is 20.0 Å². The van der Waals surface area contributed by atoms with Crippen molar-refractivity contribution in [2.45, 2.75) is 37.8 Å². The second-order valence-corrected chi connectivity index (χ2v) is 7.71. The molecule has 11 heteroatoms. The highest BCUT2D eigenvalue weighted by atomic mass is 19.3. The molecule has 1 saturated carbocycles. The highest BCUT2D eigenvalue weighted by Crippen LogP contribution is 2.46. The van der Waals surface area contributed by atoms with Crippen molar-refractivity contribution in [3.63, 3.8) is 0 Å². The average molecular weight is 444 g/mol. The Kier molecular flexibility index (Phi) is 5.97. The van der Waals surface area contributed by atoms with Gasteiger partial charge in [-0.25, -0.2) is 9.98 Å². The molecule has 2 aromatic heterocycles. The zero-order chi connectivity index (χ0) is 22.8. The number of benzene rings is 1. The molecule has 0 radical (unpaired) electrons. The zero-order valence-corrected chi connectivity index (χ0v) is 17.6. The van der Waals surface area contributed by atoms with Gasteiger partial charge in [0.05, 0.1) is 6.33 Å². The molecule has 1 fully saturated rings. The van der Waals surface area contributed by atoms with E-state index in [1.54, 1.807) is 42.9 Å². The van der Waals surface area contributed by atoms with E-state index < -0.39 is 6.61 Å². The number of nitrogens with zero attached hydrogens (tertiary/aromatic N) is 6. The Morgan fingerprint density at radius 2 is 2.06 bits per heavy atom. The van der Waals surface area contributed by atoms with Crippen LogP contribution in [0, 0.1) is 0 Å². The molecule has 4 rings (SSSR count). The number of ether oxygens (including phenoxy) is 1. The topological polar surface area (TPSA) is 98.6 Å². The number of aryl methyl sites for hydroxylation is 1. The lowest BCUT2D eigenvalue weighted by molar-refractivity contribution is -0.0498. The number of alkyl halides is 2. The molecule has 3 aromatic rings. The smallest absolute Gasteiger partial charge is 0.387 e. The molecule has 0 unspecified atom stereocenters. The summed E-state index contributed by atoms with van der Waals surface area (Å²) in [5.41, 5.74) is 1.38. The number of aliphatic imine (C=N–C) groups is 1. The van der Waals surface area contributed by atoms with Crippen LogP contribution >= 0.6 is 0 Å². The number of amides is 1. The van der Waals surface area contributed by atoms with Gasteiger partial charge in [0.2, 0.25) is 5.89 Å². The Bertz CT molecular complexity index is 1110. The SMILES string of the molecule is C=Nc1ncn(C)c1C(=O)N(C)Cc1nc(C2CC(c3ccc(OC(F)F)cc3)C2)no1. The Labute approximate surface area is 182 Å². The summed E-state index contributed by atoms with van der Waals surface area (Å²) in [4.78, 5) is 26.4. The maximum Gasteiger partial charge on any atom is 0.387 e. The molecule has 1 aliphatic rings. The maximum atomic E-state index is 12.7. The van der Waals surface area contributed by atoms with Crippen LogP contribution in [0.2, 0.25) is 0 Å². The fourth-order valence-corrected chi connectivity index (χ4v) is 3.76. The summed E-state index contributed by atoms with van der Waals surface area (Å²) in [5, 5.41) is 4.07. The van der Waals surface area contributed by atoms with E-state index in [2.05, 4.69) is 31.6 Å². The predicted molar refractivity (Wildman–Crippen MR) is 110 cm³/mol. The lowest BCUT2D eigenvalue weighted by atomic mass is 9.71. The number of hydrogen-bond acceptors (Lipinski definition) is 7. The van der Waals surface area contributed by atoms with Crippen molar-refractivity contribution in [1.29, 1.82) is 0 Å². The van der Waals surface area contributed by atoms with Gasteiger partial charge in [-0.2, -0.15) is 13.8 Å². The number of carbonyl (C=O) groups is 1. The Balaban J connectivity index is 1.33. The van der Waals surface area contributed by atoms with Crippen LogP contribution in [0.4, 0.5) is 14.6 Å². The van der Waals surface area contributed by atoms with E-state index in [-0.39, 0.29) is 29.9 Å². The van der Waals surface area contributed by atoms with Gasteiger partial charge in [-0.1, -0.05) is 17.3 Å². The molecule has 1 aliphatic carbocycles. The van der Waals surface area contributed by atoms with Crippen molar-refractivity contribution in [1.82, 2.24) is 24.6 Å². The summed E-state index contributed by atoms with van der Waals surface area (Å²) in [5.74, 6) is 1.50. The van der Waals surface area contributed by atoms with Crippen LogP contribution in [0.1, 0.15) is 52.4 Å². The summed E-state index contributed by atoms with van der Waals surface area (Å²) >= 11 is 0. The molecule has 0 spiro atoms. The number of hydrogen-bond donors (Lipinski definition) is 0. The summed E-state index contributed by atoms with van der Waals surface area (Å²) in [6.07, 6.45) is 3.15. The van der Waals surface area contributed by atoms with E-state index in [4.69, 9.17) is 4.52 Å². The molecule has 168 valence electrons. The van der Waals surface area contributed by atoms with Crippen molar-refractivity contribution in [2.24, 2.45) is 12.0 Å². The fraction of sp³-hybridized carbons (Fsp3) is 0.381. The van der Waals surface area contributed by atoms with E-state index in [0.717, 1.165) is 18.4 Å². The number of carbonyl (C=O) groups excluding carboxylic acids is 1. The van der Waals surface area contributed by atoms with Crippen LogP contribution in [0.3, 0.4) is 0 Å². The van der Waals surface area contributed by atoms with Crippen LogP contribution < -0.4 is 4.74 Å². The molecule has 1 amide bonds. The van der Waals surface area contributed by atoms with Crippen molar-refractivity contribution in [3.8, 4) is 5.75 Å². The van der Waals surface area contributed by atoms with Gasteiger partial charge < -0.3 is 18.7 Å². The molecule has 0 saturated heterocycles. The summed E-state index contributed by atoms with van der Waals surface area (Å²) in [7, 11) is 3.34. The van der Waals surface area contributed by atoms with Crippen LogP contribution in [-0.4, -0.2) is 50.9 Å². The van der Waals surface area contributed by atoms with Crippen molar-refractivity contribution in [2.75, 3.05) is 7.05 Å². The first-order chi connectivity index (χ1) is 15.4. The second kappa shape index (κ2) is 8.85. The normalized spacial score (nSPS) is 17.8. The average Bonchev–Trinajstić information content (AvgIpc) is 3.33. The van der Waals surface area contributed by atoms with Gasteiger partial charge in [-0.3, -0.25) is 4.79 Å². The highest BCUT2D eigenvalue weighted by Gasteiger charge is 2.35. The van der Waals surface area contributed by atoms with Crippen molar-refractivity contribution in [3.05, 3.63) is 53.6 Å². The van der Waals surface area contributed by atoms with Crippen LogP contribution in [0.5, 0.6) is 5.75 Å². The zero-order valence-electron chi connectivity index (χ0n) is 17.6. The first-order valence-corrected chi connectivity index (χ1v) is 9.96. The van der Waals surface area contributed by atoms with Gasteiger partial charge in [-0.05, 0) is 43.2 Å². The molecular formula is C21H22F2N6O3. The first kappa shape index (κ1) is 21.6. The molecule has 1 aromatic carbocycles. The molecule has 0 atom stereocenters. The minimum Gasteiger partial charge on any atom is -0.435 e. The largest absolute Gasteiger partial charge is 0.435 e. The summed E-state index contributed by atoms with van der Waals surface area (Å²) in [6, 6.07) is 6.69. The second-order valence-electron chi connectivity index (χ2n) is 7.71. The van der Waals surface area contributed by atoms with Crippen LogP contribution in [0.25, 0.3) is 0 Å². The minimum atomic E-state index is -2.83. The Morgan fingerprint density at radius 3 is 2.72 bits per heavy atom. The maximum absolute atomic E-state index is 12.7. The van der Waals surface area contributed by atoms with Crippen molar-refractivity contribution >= 4 is 18.4 Å². The molecule has 0 bridgehead atoms. The molecule has 2 heterocycles. The molecule has 32 heavy (non-hydrogen) atoms. The first-order valence-electron chi connectivity index (χ1n) is 9.96. The number of aromatic nitrogens is 4. The van der Waals surface area contributed by atoms with Gasteiger partial charge >= 0.3 is 6.61 Å². The van der Waals surface area contributed by atoms with Gasteiger partial charge in [0.1, 0.15) is 12.3 Å². The molecule has 9 nitrogen and oxygen atoms in total. The third kappa shape index (κ3) is 4.36. The minimum absolute atomic E-state index is 0.142. The van der Waals surface area contributed by atoms with E-state index in [9.17, 15) is 13.6 Å². The number of imidazole rings is 1. The monoisotopic (exact) mass is 444 g/mol. The molecule has 0 N–H and O–H groups in total. The fourth-order valence-electron chi connectivity index (χ4n) is 3.76. The summed E-state index contributed by atoms with van der Waals surface area (Å²) < 4.78 is 35.8. The van der Waals surface area contributed by atoms with Gasteiger partial charge in [-0.15, -0.1) is 0 Å². The van der Waals surface area contributed by atoms with E-state index in [1.165, 1.54) is 11.2 Å². The third-order valence-corrected chi connectivity index (χ3v) is 5.55. The third-order valence-electron chi connectivity index (χ3n) is 5.55. The molecular weight excluding hydrogens is 422 g/mol. The standard InChI is InChI=1S/C21H22F2N6O3/c1-24-19-17(29(3)11-25-19)20(30)28(2)10-16-26-18(27-32-16)14-8-13(9-14)12-4-6-15(7-5-12)31-21(22)23/h4-7,11,13-14,21H,1,8-10H2,2-3H3. The Hall–Kier alpha value is -3.63. The lowest BCUT2D eigenvalue weighted by Gasteiger charge is -2.33. The van der Waals surface area contributed by atoms with Gasteiger partial charge in [0.15, 0.2) is 17.3 Å². The number of rotatable bonds is 8. The number of halogens is 2. The predicted octanol–water partition coefficient (Wildman–Crippen LogP) is 3.67. The van der Waals surface area contributed by atoms with Crippen LogP contribution in [-0.2, 0) is 13.6 Å². The molecule has 0 aliphatic heterocycles. The summed E-state index contributed by atoms with van der Waals surface area (Å²) in [6.45, 7) is 0.754. The van der Waals surface area contributed by atoms with Gasteiger partial charge in [0.25, 0.3) is 5.91 Å². The van der Waals surface area contributed by atoms with E-state index in [1.807, 2.05) is 0 Å². The van der Waals surface area contributed by atoms with Crippen LogP contribution in [0.15, 0.2) is 40.1 Å². The lowest BCUT2D eigenvalue weighted by Crippen LogP contribution is -2.28. The highest BCUT2D eigenvalue weighted by molar-refractivity contribution is 5.96. The quantitative estimate of drug-likeness (QED) is 0.492. The van der Waals surface area contributed by atoms with E-state index in [0.29, 0.717) is 23.3 Å². The van der Waals surface area contributed by atoms with E-state index >= 15 is 0 Å².